The van der Waals surface area contributed by atoms with Crippen molar-refractivity contribution in [3.8, 4) is 0 Å². The molecule has 2 aromatic carbocycles. The molecule has 0 saturated heterocycles. The minimum atomic E-state index is -1.11. The van der Waals surface area contributed by atoms with Crippen LogP contribution in [-0.2, 0) is 35.2 Å². The molecule has 0 aliphatic rings. The van der Waals surface area contributed by atoms with Crippen molar-refractivity contribution in [3.63, 3.8) is 0 Å². The standard InChI is InChI=1S/C30H35FN4O7/c1-4-41-27(37)15-14-23(30(40)42-5-2)34-28(38)19(3)33-26(36)17-32-29(39)25-16-21-8-6-7-9-24(21)35(25)18-20-10-12-22(31)13-11-20/h6-13,16,19,23H,4-5,14-15,17-18H2,1-3H3,(H,32,39)(H,33,36)(H,34,38)/t19-,23+/m0/s1. The third-order valence-electron chi connectivity index (χ3n) is 6.31. The lowest BCUT2D eigenvalue weighted by molar-refractivity contribution is -0.149. The Hall–Kier alpha value is -4.74. The molecule has 42 heavy (non-hydrogen) atoms. The molecule has 3 amide bonds. The van der Waals surface area contributed by atoms with Crippen LogP contribution in [0.2, 0.25) is 0 Å². The van der Waals surface area contributed by atoms with E-state index in [4.69, 9.17) is 9.47 Å². The molecule has 0 bridgehead atoms. The van der Waals surface area contributed by atoms with Gasteiger partial charge in [0, 0.05) is 23.9 Å². The van der Waals surface area contributed by atoms with Crippen molar-refractivity contribution in [2.24, 2.45) is 0 Å². The van der Waals surface area contributed by atoms with Crippen molar-refractivity contribution < 1.29 is 37.8 Å². The highest BCUT2D eigenvalue weighted by Gasteiger charge is 2.26. The van der Waals surface area contributed by atoms with Gasteiger partial charge in [-0.25, -0.2) is 9.18 Å². The van der Waals surface area contributed by atoms with Crippen LogP contribution in [0.4, 0.5) is 4.39 Å². The van der Waals surface area contributed by atoms with Crippen molar-refractivity contribution in [2.45, 2.75) is 52.2 Å². The van der Waals surface area contributed by atoms with E-state index in [0.717, 1.165) is 16.5 Å². The first-order valence-corrected chi connectivity index (χ1v) is 13.7. The number of benzene rings is 2. The zero-order valence-electron chi connectivity index (χ0n) is 23.8. The first-order valence-electron chi connectivity index (χ1n) is 13.7. The molecule has 0 aliphatic carbocycles. The minimum absolute atomic E-state index is 0.0357. The Morgan fingerprint density at radius 3 is 2.31 bits per heavy atom. The Morgan fingerprint density at radius 1 is 0.929 bits per heavy atom. The van der Waals surface area contributed by atoms with Crippen molar-refractivity contribution in [1.82, 2.24) is 20.5 Å². The lowest BCUT2D eigenvalue weighted by atomic mass is 10.1. The van der Waals surface area contributed by atoms with E-state index < -0.39 is 48.3 Å². The molecule has 12 heteroatoms. The van der Waals surface area contributed by atoms with E-state index in [1.54, 1.807) is 36.6 Å². The predicted octanol–water partition coefficient (Wildman–Crippen LogP) is 2.45. The topological polar surface area (TPSA) is 145 Å². The number of hydrogen-bond donors (Lipinski definition) is 3. The molecule has 2 atom stereocenters. The third kappa shape index (κ3) is 8.88. The number of fused-ring (bicyclic) bond motifs is 1. The molecule has 224 valence electrons. The normalized spacial score (nSPS) is 12.2. The maximum atomic E-state index is 13.4. The van der Waals surface area contributed by atoms with E-state index in [9.17, 15) is 28.4 Å². The van der Waals surface area contributed by atoms with Crippen LogP contribution in [0.3, 0.4) is 0 Å². The Morgan fingerprint density at radius 2 is 1.62 bits per heavy atom. The van der Waals surface area contributed by atoms with Gasteiger partial charge in [0.25, 0.3) is 5.91 Å². The molecular weight excluding hydrogens is 547 g/mol. The summed E-state index contributed by atoms with van der Waals surface area (Å²) in [6.07, 6.45) is -0.145. The number of ether oxygens (including phenoxy) is 2. The average Bonchev–Trinajstić information content (AvgIpc) is 3.33. The molecule has 3 N–H and O–H groups in total. The lowest BCUT2D eigenvalue weighted by Gasteiger charge is -2.20. The number of halogens is 1. The first-order chi connectivity index (χ1) is 20.1. The molecular formula is C30H35FN4O7. The monoisotopic (exact) mass is 582 g/mol. The molecule has 1 heterocycles. The number of hydrogen-bond acceptors (Lipinski definition) is 7. The molecule has 0 unspecified atom stereocenters. The lowest BCUT2D eigenvalue weighted by Crippen LogP contribution is -2.52. The van der Waals surface area contributed by atoms with Gasteiger partial charge in [-0.1, -0.05) is 30.3 Å². The van der Waals surface area contributed by atoms with E-state index >= 15 is 0 Å². The number of esters is 2. The summed E-state index contributed by atoms with van der Waals surface area (Å²) in [6, 6.07) is 12.9. The van der Waals surface area contributed by atoms with Crippen LogP contribution in [0.1, 0.15) is 49.7 Å². The van der Waals surface area contributed by atoms with Crippen LogP contribution < -0.4 is 16.0 Å². The minimum Gasteiger partial charge on any atom is -0.466 e. The van der Waals surface area contributed by atoms with Gasteiger partial charge in [-0.15, -0.1) is 0 Å². The highest BCUT2D eigenvalue weighted by atomic mass is 19.1. The molecule has 0 aliphatic heterocycles. The third-order valence-corrected chi connectivity index (χ3v) is 6.31. The van der Waals surface area contributed by atoms with Gasteiger partial charge in [-0.2, -0.15) is 0 Å². The van der Waals surface area contributed by atoms with Gasteiger partial charge >= 0.3 is 11.9 Å². The SMILES string of the molecule is CCOC(=O)CC[C@@H](NC(=O)[C@H](C)NC(=O)CNC(=O)c1cc2ccccc2n1Cc1ccc(F)cc1)C(=O)OCC. The summed E-state index contributed by atoms with van der Waals surface area (Å²) in [7, 11) is 0. The number of aromatic nitrogens is 1. The number of nitrogens with one attached hydrogen (secondary N) is 3. The van der Waals surface area contributed by atoms with Crippen molar-refractivity contribution >= 4 is 40.6 Å². The van der Waals surface area contributed by atoms with Crippen LogP contribution in [-0.4, -0.2) is 66.1 Å². The zero-order chi connectivity index (χ0) is 30.6. The van der Waals surface area contributed by atoms with E-state index in [0.29, 0.717) is 12.2 Å². The fraction of sp³-hybridized carbons (Fsp3) is 0.367. The summed E-state index contributed by atoms with van der Waals surface area (Å²) < 4.78 is 25.0. The summed E-state index contributed by atoms with van der Waals surface area (Å²) in [6.45, 7) is 4.84. The maximum absolute atomic E-state index is 13.4. The van der Waals surface area contributed by atoms with Crippen molar-refractivity contribution in [2.75, 3.05) is 19.8 Å². The molecule has 0 fully saturated rings. The summed E-state index contributed by atoms with van der Waals surface area (Å²) in [5.41, 5.74) is 1.88. The number of rotatable bonds is 14. The van der Waals surface area contributed by atoms with Crippen LogP contribution >= 0.6 is 0 Å². The number of carbonyl (C=O) groups excluding carboxylic acids is 5. The number of amides is 3. The summed E-state index contributed by atoms with van der Waals surface area (Å²) >= 11 is 0. The Bertz CT molecular complexity index is 1420. The Kier molecular flexibility index (Phi) is 11.6. The highest BCUT2D eigenvalue weighted by Crippen LogP contribution is 2.21. The van der Waals surface area contributed by atoms with Gasteiger partial charge < -0.3 is 30.0 Å². The predicted molar refractivity (Wildman–Crippen MR) is 152 cm³/mol. The van der Waals surface area contributed by atoms with Gasteiger partial charge in [0.05, 0.1) is 19.8 Å². The van der Waals surface area contributed by atoms with E-state index in [-0.39, 0.29) is 31.9 Å². The second-order valence-electron chi connectivity index (χ2n) is 9.43. The molecule has 0 spiro atoms. The molecule has 1 aromatic heterocycles. The second kappa shape index (κ2) is 15.3. The van der Waals surface area contributed by atoms with Gasteiger partial charge in [0.15, 0.2) is 0 Å². The number of carbonyl (C=O) groups is 5. The van der Waals surface area contributed by atoms with Gasteiger partial charge in [0.1, 0.15) is 23.6 Å². The van der Waals surface area contributed by atoms with Crippen LogP contribution in [0, 0.1) is 5.82 Å². The summed E-state index contributed by atoms with van der Waals surface area (Å²) in [5, 5.41) is 8.37. The van der Waals surface area contributed by atoms with Crippen LogP contribution in [0.5, 0.6) is 0 Å². The Labute approximate surface area is 242 Å². The number of nitrogens with zero attached hydrogens (tertiary/aromatic N) is 1. The van der Waals surface area contributed by atoms with Gasteiger partial charge in [-0.05, 0) is 57.0 Å². The molecule has 0 radical (unpaired) electrons. The Balaban J connectivity index is 1.60. The quantitative estimate of drug-likeness (QED) is 0.248. The highest BCUT2D eigenvalue weighted by molar-refractivity contribution is 6.00. The summed E-state index contributed by atoms with van der Waals surface area (Å²) in [5.74, 6) is -3.41. The summed E-state index contributed by atoms with van der Waals surface area (Å²) in [4.78, 5) is 62.4. The van der Waals surface area contributed by atoms with E-state index in [1.807, 2.05) is 24.3 Å². The van der Waals surface area contributed by atoms with E-state index in [2.05, 4.69) is 16.0 Å². The second-order valence-corrected chi connectivity index (χ2v) is 9.43. The fourth-order valence-corrected chi connectivity index (χ4v) is 4.23. The van der Waals surface area contributed by atoms with Gasteiger partial charge in [0.2, 0.25) is 11.8 Å². The average molecular weight is 583 g/mol. The first kappa shape index (κ1) is 31.8. The van der Waals surface area contributed by atoms with E-state index in [1.165, 1.54) is 19.1 Å². The van der Waals surface area contributed by atoms with Crippen molar-refractivity contribution in [1.29, 1.82) is 0 Å². The smallest absolute Gasteiger partial charge is 0.328 e. The van der Waals surface area contributed by atoms with Crippen LogP contribution in [0.15, 0.2) is 54.6 Å². The van der Waals surface area contributed by atoms with Crippen LogP contribution in [0.25, 0.3) is 10.9 Å². The number of para-hydroxylation sites is 1. The molecule has 11 nitrogen and oxygen atoms in total. The zero-order valence-corrected chi connectivity index (χ0v) is 23.8. The largest absolute Gasteiger partial charge is 0.466 e. The molecule has 0 saturated carbocycles. The maximum Gasteiger partial charge on any atom is 0.328 e. The fourth-order valence-electron chi connectivity index (χ4n) is 4.23. The van der Waals surface area contributed by atoms with Crippen molar-refractivity contribution in [3.05, 3.63) is 71.7 Å². The molecule has 3 rings (SSSR count). The molecule has 3 aromatic rings. The van der Waals surface area contributed by atoms with Gasteiger partial charge in [-0.3, -0.25) is 19.2 Å².